The normalized spacial score (nSPS) is 24.6. The Morgan fingerprint density at radius 1 is 1.12 bits per heavy atom. The van der Waals surface area contributed by atoms with Crippen LogP contribution in [-0.4, -0.2) is 11.8 Å². The van der Waals surface area contributed by atoms with Gasteiger partial charge in [0.1, 0.15) is 0 Å². The van der Waals surface area contributed by atoms with E-state index in [1.165, 1.54) is 4.90 Å². The van der Waals surface area contributed by atoms with Crippen LogP contribution in [0.25, 0.3) is 0 Å². The van der Waals surface area contributed by atoms with Crippen LogP contribution < -0.4 is 4.90 Å². The summed E-state index contributed by atoms with van der Waals surface area (Å²) in [6, 6.07) is 5.61. The van der Waals surface area contributed by atoms with Crippen LogP contribution in [-0.2, 0) is 9.59 Å². The molecule has 1 fully saturated rings. The topological polar surface area (TPSA) is 37.4 Å². The summed E-state index contributed by atoms with van der Waals surface area (Å²) in [6.07, 6.45) is 0. The van der Waals surface area contributed by atoms with Gasteiger partial charge in [0.15, 0.2) is 0 Å². The highest BCUT2D eigenvalue weighted by atomic mass is 79.9. The fraction of sp³-hybridized carbons (Fsp3) is 0.385. The van der Waals surface area contributed by atoms with E-state index in [0.29, 0.717) is 5.69 Å². The molecule has 2 unspecified atom stereocenters. The van der Waals surface area contributed by atoms with Crippen molar-refractivity contribution in [1.82, 2.24) is 0 Å². The standard InChI is InChI=1S/C13H14BrNO2/c1-7-4-5-10(14)6-11(7)15-12(16)8(2)9(3)13(15)17/h4-6,8-9H,1-3H3. The minimum absolute atomic E-state index is 0.108. The Morgan fingerprint density at radius 3 is 2.18 bits per heavy atom. The van der Waals surface area contributed by atoms with Crippen molar-refractivity contribution in [3.8, 4) is 0 Å². The highest BCUT2D eigenvalue weighted by Crippen LogP contribution is 2.33. The maximum absolute atomic E-state index is 12.1. The fourth-order valence-corrected chi connectivity index (χ4v) is 2.35. The minimum Gasteiger partial charge on any atom is -0.274 e. The van der Waals surface area contributed by atoms with Crippen molar-refractivity contribution >= 4 is 33.4 Å². The molecule has 0 N–H and O–H groups in total. The highest BCUT2D eigenvalue weighted by molar-refractivity contribution is 9.10. The van der Waals surface area contributed by atoms with Gasteiger partial charge in [-0.25, -0.2) is 4.90 Å². The smallest absolute Gasteiger partial charge is 0.237 e. The van der Waals surface area contributed by atoms with E-state index in [1.807, 2.05) is 25.1 Å². The second kappa shape index (κ2) is 4.26. The van der Waals surface area contributed by atoms with Gasteiger partial charge in [-0.3, -0.25) is 9.59 Å². The largest absolute Gasteiger partial charge is 0.274 e. The first kappa shape index (κ1) is 12.3. The van der Waals surface area contributed by atoms with Crippen LogP contribution in [0.5, 0.6) is 0 Å². The van der Waals surface area contributed by atoms with E-state index < -0.39 is 0 Å². The van der Waals surface area contributed by atoms with Crippen molar-refractivity contribution < 1.29 is 9.59 Å². The average Bonchev–Trinajstić information content (AvgIpc) is 2.48. The summed E-state index contributed by atoms with van der Waals surface area (Å²) in [7, 11) is 0. The maximum Gasteiger partial charge on any atom is 0.237 e. The van der Waals surface area contributed by atoms with Crippen molar-refractivity contribution in [3.63, 3.8) is 0 Å². The zero-order valence-electron chi connectivity index (χ0n) is 10.0. The van der Waals surface area contributed by atoms with E-state index in [4.69, 9.17) is 0 Å². The predicted octanol–water partition coefficient (Wildman–Crippen LogP) is 2.90. The minimum atomic E-state index is -0.235. The number of aryl methyl sites for hydroxylation is 1. The highest BCUT2D eigenvalue weighted by Gasteiger charge is 2.43. The van der Waals surface area contributed by atoms with Gasteiger partial charge in [0, 0.05) is 16.3 Å². The van der Waals surface area contributed by atoms with Gasteiger partial charge in [0.25, 0.3) is 0 Å². The van der Waals surface area contributed by atoms with E-state index in [2.05, 4.69) is 15.9 Å². The molecule has 17 heavy (non-hydrogen) atoms. The molecule has 0 radical (unpaired) electrons. The molecule has 0 saturated carbocycles. The van der Waals surface area contributed by atoms with Gasteiger partial charge < -0.3 is 0 Å². The Bertz CT molecular complexity index is 478. The third-order valence-electron chi connectivity index (χ3n) is 3.38. The molecule has 3 nitrogen and oxygen atoms in total. The molecule has 1 aromatic carbocycles. The monoisotopic (exact) mass is 295 g/mol. The van der Waals surface area contributed by atoms with Gasteiger partial charge in [0.2, 0.25) is 11.8 Å². The number of amides is 2. The maximum atomic E-state index is 12.1. The van der Waals surface area contributed by atoms with Crippen molar-refractivity contribution in [2.75, 3.05) is 4.90 Å². The Hall–Kier alpha value is -1.16. The van der Waals surface area contributed by atoms with E-state index in [9.17, 15) is 9.59 Å². The molecule has 1 saturated heterocycles. The average molecular weight is 296 g/mol. The van der Waals surface area contributed by atoms with Crippen LogP contribution in [0.15, 0.2) is 22.7 Å². The zero-order valence-corrected chi connectivity index (χ0v) is 11.6. The van der Waals surface area contributed by atoms with Crippen LogP contribution in [0.1, 0.15) is 19.4 Å². The molecule has 0 spiro atoms. The lowest BCUT2D eigenvalue weighted by atomic mass is 10.00. The van der Waals surface area contributed by atoms with Crippen LogP contribution in [0, 0.1) is 18.8 Å². The lowest BCUT2D eigenvalue weighted by Crippen LogP contribution is -2.31. The summed E-state index contributed by atoms with van der Waals surface area (Å²) in [4.78, 5) is 25.5. The number of carbonyl (C=O) groups excluding carboxylic acids is 2. The molecular weight excluding hydrogens is 282 g/mol. The number of anilines is 1. The Kier molecular flexibility index (Phi) is 3.08. The molecule has 0 aromatic heterocycles. The summed E-state index contributed by atoms with van der Waals surface area (Å²) in [5.74, 6) is -0.686. The molecular formula is C13H14BrNO2. The van der Waals surface area contributed by atoms with Gasteiger partial charge in [-0.15, -0.1) is 0 Å². The van der Waals surface area contributed by atoms with E-state index >= 15 is 0 Å². The fourth-order valence-electron chi connectivity index (χ4n) is 2.00. The number of halogens is 1. The molecule has 0 aliphatic carbocycles. The van der Waals surface area contributed by atoms with Gasteiger partial charge in [0.05, 0.1) is 5.69 Å². The van der Waals surface area contributed by atoms with Crippen molar-refractivity contribution in [1.29, 1.82) is 0 Å². The number of imide groups is 1. The number of hydrogen-bond donors (Lipinski definition) is 0. The molecule has 2 atom stereocenters. The van der Waals surface area contributed by atoms with E-state index in [1.54, 1.807) is 13.8 Å². The lowest BCUT2D eigenvalue weighted by Gasteiger charge is -2.17. The van der Waals surface area contributed by atoms with Crippen molar-refractivity contribution in [2.24, 2.45) is 11.8 Å². The van der Waals surface area contributed by atoms with E-state index in [-0.39, 0.29) is 23.7 Å². The Morgan fingerprint density at radius 2 is 1.65 bits per heavy atom. The van der Waals surface area contributed by atoms with Gasteiger partial charge >= 0.3 is 0 Å². The summed E-state index contributed by atoms with van der Waals surface area (Å²) in [5, 5.41) is 0. The zero-order chi connectivity index (χ0) is 12.7. The van der Waals surface area contributed by atoms with Gasteiger partial charge in [-0.2, -0.15) is 0 Å². The van der Waals surface area contributed by atoms with Crippen LogP contribution >= 0.6 is 15.9 Å². The van der Waals surface area contributed by atoms with Crippen LogP contribution in [0.3, 0.4) is 0 Å². The molecule has 1 aliphatic rings. The molecule has 1 heterocycles. The first-order valence-electron chi connectivity index (χ1n) is 5.57. The van der Waals surface area contributed by atoms with Gasteiger partial charge in [-0.05, 0) is 24.6 Å². The van der Waals surface area contributed by atoms with Crippen LogP contribution in [0.4, 0.5) is 5.69 Å². The molecule has 0 bridgehead atoms. The number of rotatable bonds is 1. The number of hydrogen-bond acceptors (Lipinski definition) is 2. The van der Waals surface area contributed by atoms with Gasteiger partial charge in [-0.1, -0.05) is 35.8 Å². The SMILES string of the molecule is Cc1ccc(Br)cc1N1C(=O)C(C)C(C)C1=O. The third-order valence-corrected chi connectivity index (χ3v) is 3.88. The summed E-state index contributed by atoms with van der Waals surface area (Å²) in [5.41, 5.74) is 1.61. The molecule has 1 aliphatic heterocycles. The summed E-state index contributed by atoms with van der Waals surface area (Å²) < 4.78 is 0.867. The Labute approximate surface area is 109 Å². The molecule has 90 valence electrons. The molecule has 2 rings (SSSR count). The predicted molar refractivity (Wildman–Crippen MR) is 69.7 cm³/mol. The quantitative estimate of drug-likeness (QED) is 0.747. The van der Waals surface area contributed by atoms with Crippen molar-refractivity contribution in [3.05, 3.63) is 28.2 Å². The first-order valence-corrected chi connectivity index (χ1v) is 6.36. The number of carbonyl (C=O) groups is 2. The molecule has 2 amide bonds. The van der Waals surface area contributed by atoms with E-state index in [0.717, 1.165) is 10.0 Å². The summed E-state index contributed by atoms with van der Waals surface area (Å²) in [6.45, 7) is 5.51. The first-order chi connectivity index (χ1) is 7.93. The lowest BCUT2D eigenvalue weighted by molar-refractivity contribution is -0.122. The third kappa shape index (κ3) is 1.90. The molecule has 1 aromatic rings. The van der Waals surface area contributed by atoms with Crippen LogP contribution in [0.2, 0.25) is 0 Å². The second-order valence-electron chi connectivity index (χ2n) is 4.52. The summed E-state index contributed by atoms with van der Waals surface area (Å²) >= 11 is 3.36. The second-order valence-corrected chi connectivity index (χ2v) is 5.44. The Balaban J connectivity index is 2.50. The number of nitrogens with zero attached hydrogens (tertiary/aromatic N) is 1. The number of benzene rings is 1. The molecule has 4 heteroatoms. The van der Waals surface area contributed by atoms with Crippen molar-refractivity contribution in [2.45, 2.75) is 20.8 Å².